The maximum absolute atomic E-state index is 4.67. The van der Waals surface area contributed by atoms with Gasteiger partial charge in [-0.25, -0.2) is 4.98 Å². The predicted molar refractivity (Wildman–Crippen MR) is 94.3 cm³/mol. The van der Waals surface area contributed by atoms with Crippen molar-refractivity contribution in [2.24, 2.45) is 0 Å². The lowest BCUT2D eigenvalue weighted by molar-refractivity contribution is 0.567. The van der Waals surface area contributed by atoms with Crippen LogP contribution in [0.4, 0.5) is 5.82 Å². The van der Waals surface area contributed by atoms with E-state index in [1.807, 2.05) is 6.20 Å². The molecule has 1 atom stereocenters. The number of hydrogen-bond acceptors (Lipinski definition) is 2. The standard InChI is InChI=1S/C20H24N2/c1-14(2)16-11-13-21-19-17(16)10-12-20(4,22(19)5)18-9-7-6-8-15(18)3/h6-14H,1-5H3. The summed E-state index contributed by atoms with van der Waals surface area (Å²) in [4.78, 5) is 6.97. The second-order valence-corrected chi connectivity index (χ2v) is 6.65. The number of pyridine rings is 1. The van der Waals surface area contributed by atoms with Gasteiger partial charge in [0.25, 0.3) is 0 Å². The maximum atomic E-state index is 4.67. The zero-order valence-electron chi connectivity index (χ0n) is 14.1. The molecule has 3 rings (SSSR count). The molecule has 2 nitrogen and oxygen atoms in total. The number of anilines is 1. The van der Waals surface area contributed by atoms with E-state index in [-0.39, 0.29) is 5.54 Å². The highest BCUT2D eigenvalue weighted by Gasteiger charge is 2.35. The Morgan fingerprint density at radius 3 is 2.55 bits per heavy atom. The van der Waals surface area contributed by atoms with Crippen LogP contribution in [0.2, 0.25) is 0 Å². The van der Waals surface area contributed by atoms with Gasteiger partial charge < -0.3 is 4.90 Å². The summed E-state index contributed by atoms with van der Waals surface area (Å²) in [6, 6.07) is 10.7. The van der Waals surface area contributed by atoms with E-state index in [2.05, 4.69) is 87.1 Å². The molecule has 114 valence electrons. The van der Waals surface area contributed by atoms with Crippen LogP contribution in [0.15, 0.2) is 42.6 Å². The zero-order chi connectivity index (χ0) is 15.9. The van der Waals surface area contributed by atoms with Crippen molar-refractivity contribution in [2.45, 2.75) is 39.2 Å². The predicted octanol–water partition coefficient (Wildman–Crippen LogP) is 4.89. The summed E-state index contributed by atoms with van der Waals surface area (Å²) in [5.41, 5.74) is 5.09. The fourth-order valence-corrected chi connectivity index (χ4v) is 3.41. The van der Waals surface area contributed by atoms with Gasteiger partial charge in [-0.3, -0.25) is 0 Å². The highest BCUT2D eigenvalue weighted by molar-refractivity contribution is 5.74. The molecule has 0 aliphatic carbocycles. The van der Waals surface area contributed by atoms with E-state index in [1.54, 1.807) is 0 Å². The lowest BCUT2D eigenvalue weighted by Crippen LogP contribution is -2.42. The molecule has 0 N–H and O–H groups in total. The second-order valence-electron chi connectivity index (χ2n) is 6.65. The van der Waals surface area contributed by atoms with Crippen molar-refractivity contribution in [3.05, 3.63) is 64.9 Å². The van der Waals surface area contributed by atoms with Crippen LogP contribution < -0.4 is 4.90 Å². The molecule has 1 aliphatic heterocycles. The minimum atomic E-state index is -0.166. The van der Waals surface area contributed by atoms with Gasteiger partial charge in [0.05, 0.1) is 5.54 Å². The minimum Gasteiger partial charge on any atom is -0.346 e. The van der Waals surface area contributed by atoms with E-state index in [4.69, 9.17) is 0 Å². The van der Waals surface area contributed by atoms with Gasteiger partial charge >= 0.3 is 0 Å². The molecular formula is C20H24N2. The summed E-state index contributed by atoms with van der Waals surface area (Å²) in [6.45, 7) is 8.91. The molecule has 1 aliphatic rings. The van der Waals surface area contributed by atoms with Crippen molar-refractivity contribution in [1.29, 1.82) is 0 Å². The van der Waals surface area contributed by atoms with Gasteiger partial charge in [0.2, 0.25) is 0 Å². The number of fused-ring (bicyclic) bond motifs is 1. The highest BCUT2D eigenvalue weighted by atomic mass is 15.2. The Morgan fingerprint density at radius 1 is 1.14 bits per heavy atom. The zero-order valence-corrected chi connectivity index (χ0v) is 14.1. The third-order valence-corrected chi connectivity index (χ3v) is 4.90. The molecular weight excluding hydrogens is 268 g/mol. The van der Waals surface area contributed by atoms with Crippen LogP contribution in [0.3, 0.4) is 0 Å². The minimum absolute atomic E-state index is 0.166. The van der Waals surface area contributed by atoms with E-state index in [1.165, 1.54) is 22.3 Å². The summed E-state index contributed by atoms with van der Waals surface area (Å²) < 4.78 is 0. The molecule has 0 bridgehead atoms. The van der Waals surface area contributed by atoms with Crippen LogP contribution in [0.1, 0.15) is 48.9 Å². The van der Waals surface area contributed by atoms with Crippen LogP contribution in [0.25, 0.3) is 6.08 Å². The normalized spacial score (nSPS) is 20.4. The Kier molecular flexibility index (Phi) is 3.56. The van der Waals surface area contributed by atoms with E-state index in [9.17, 15) is 0 Å². The van der Waals surface area contributed by atoms with Crippen LogP contribution in [0.5, 0.6) is 0 Å². The number of likely N-dealkylation sites (N-methyl/N-ethyl adjacent to an activating group) is 1. The van der Waals surface area contributed by atoms with E-state index >= 15 is 0 Å². The SMILES string of the molecule is Cc1ccccc1C1(C)C=Cc2c(C(C)C)ccnc2N1C. The van der Waals surface area contributed by atoms with E-state index in [0.29, 0.717) is 5.92 Å². The lowest BCUT2D eigenvalue weighted by atomic mass is 9.83. The molecule has 0 fully saturated rings. The Labute approximate surface area is 133 Å². The molecule has 2 heteroatoms. The fraction of sp³-hybridized carbons (Fsp3) is 0.350. The summed E-state index contributed by atoms with van der Waals surface area (Å²) >= 11 is 0. The second kappa shape index (κ2) is 5.28. The molecule has 2 aromatic rings. The van der Waals surface area contributed by atoms with E-state index < -0.39 is 0 Å². The first-order valence-electron chi connectivity index (χ1n) is 7.93. The van der Waals surface area contributed by atoms with Gasteiger partial charge in [-0.15, -0.1) is 0 Å². The van der Waals surface area contributed by atoms with Gasteiger partial charge in [0.15, 0.2) is 0 Å². The Hall–Kier alpha value is -2.09. The summed E-state index contributed by atoms with van der Waals surface area (Å²) in [5, 5.41) is 0. The average Bonchev–Trinajstić information content (AvgIpc) is 2.51. The Morgan fingerprint density at radius 2 is 1.86 bits per heavy atom. The van der Waals surface area contributed by atoms with Gasteiger partial charge in [-0.05, 0) is 42.5 Å². The van der Waals surface area contributed by atoms with Crippen molar-refractivity contribution in [1.82, 2.24) is 4.98 Å². The first kappa shape index (κ1) is 14.8. The highest BCUT2D eigenvalue weighted by Crippen LogP contribution is 2.41. The van der Waals surface area contributed by atoms with Crippen LogP contribution >= 0.6 is 0 Å². The maximum Gasteiger partial charge on any atom is 0.136 e. The molecule has 0 spiro atoms. The smallest absolute Gasteiger partial charge is 0.136 e. The summed E-state index contributed by atoms with van der Waals surface area (Å²) in [6.07, 6.45) is 6.50. The number of benzene rings is 1. The first-order chi connectivity index (χ1) is 10.4. The van der Waals surface area contributed by atoms with Crippen LogP contribution in [0, 0.1) is 6.92 Å². The van der Waals surface area contributed by atoms with Gasteiger partial charge in [-0.1, -0.05) is 50.3 Å². The molecule has 0 amide bonds. The molecule has 0 saturated carbocycles. The number of aromatic nitrogens is 1. The summed E-state index contributed by atoms with van der Waals surface area (Å²) in [7, 11) is 2.14. The van der Waals surface area contributed by atoms with Crippen molar-refractivity contribution in [3.63, 3.8) is 0 Å². The molecule has 1 unspecified atom stereocenters. The topological polar surface area (TPSA) is 16.1 Å². The average molecular weight is 292 g/mol. The number of aryl methyl sites for hydroxylation is 1. The van der Waals surface area contributed by atoms with Gasteiger partial charge in [0, 0.05) is 18.8 Å². The Bertz CT molecular complexity index is 730. The molecule has 2 heterocycles. The van der Waals surface area contributed by atoms with Crippen LogP contribution in [-0.4, -0.2) is 12.0 Å². The Balaban J connectivity index is 2.16. The molecule has 22 heavy (non-hydrogen) atoms. The van der Waals surface area contributed by atoms with Crippen LogP contribution in [-0.2, 0) is 5.54 Å². The fourth-order valence-electron chi connectivity index (χ4n) is 3.41. The van der Waals surface area contributed by atoms with Gasteiger partial charge in [0.1, 0.15) is 5.82 Å². The molecule has 1 aromatic heterocycles. The van der Waals surface area contributed by atoms with Gasteiger partial charge in [-0.2, -0.15) is 0 Å². The lowest BCUT2D eigenvalue weighted by Gasteiger charge is -2.42. The van der Waals surface area contributed by atoms with Crippen molar-refractivity contribution < 1.29 is 0 Å². The third-order valence-electron chi connectivity index (χ3n) is 4.90. The monoisotopic (exact) mass is 292 g/mol. The number of hydrogen-bond donors (Lipinski definition) is 0. The molecule has 0 saturated heterocycles. The van der Waals surface area contributed by atoms with Crippen molar-refractivity contribution >= 4 is 11.9 Å². The van der Waals surface area contributed by atoms with Crippen molar-refractivity contribution in [2.75, 3.05) is 11.9 Å². The molecule has 0 radical (unpaired) electrons. The summed E-state index contributed by atoms with van der Waals surface area (Å²) in [5.74, 6) is 1.57. The number of rotatable bonds is 2. The first-order valence-corrected chi connectivity index (χ1v) is 7.93. The van der Waals surface area contributed by atoms with Crippen molar-refractivity contribution in [3.8, 4) is 0 Å². The molecule has 1 aromatic carbocycles. The number of nitrogens with zero attached hydrogens (tertiary/aromatic N) is 2. The third kappa shape index (κ3) is 2.14. The van der Waals surface area contributed by atoms with E-state index in [0.717, 1.165) is 5.82 Å². The largest absolute Gasteiger partial charge is 0.346 e. The quantitative estimate of drug-likeness (QED) is 0.783.